The van der Waals surface area contributed by atoms with E-state index in [0.29, 0.717) is 4.32 Å². The van der Waals surface area contributed by atoms with Crippen LogP contribution in [0.25, 0.3) is 0 Å². The molecule has 0 unspecified atom stereocenters. The normalized spacial score (nSPS) is 7.10. The molecule has 0 saturated carbocycles. The first kappa shape index (κ1) is 18.1. The van der Waals surface area contributed by atoms with E-state index in [1.165, 1.54) is 0 Å². The molecule has 0 aromatic carbocycles. The molecule has 0 bridgehead atoms. The zero-order chi connectivity index (χ0) is 6.57. The summed E-state index contributed by atoms with van der Waals surface area (Å²) in [7, 11) is 0. The van der Waals surface area contributed by atoms with Gasteiger partial charge in [-0.1, -0.05) is 12.2 Å². The molecule has 10 heavy (non-hydrogen) atoms. The van der Waals surface area contributed by atoms with Crippen molar-refractivity contribution < 1.29 is 0 Å². The van der Waals surface area contributed by atoms with Crippen LogP contribution in [0, 0.1) is 0 Å². The van der Waals surface area contributed by atoms with E-state index in [4.69, 9.17) is 12.2 Å². The maximum atomic E-state index is 4.81. The van der Waals surface area contributed by atoms with Crippen molar-refractivity contribution in [1.82, 2.24) is 4.90 Å². The summed E-state index contributed by atoms with van der Waals surface area (Å²) in [6.07, 6.45) is 0. The van der Waals surface area contributed by atoms with E-state index in [0.717, 1.165) is 13.1 Å². The van der Waals surface area contributed by atoms with Crippen LogP contribution in [-0.4, -0.2) is 81.4 Å². The molecule has 0 saturated heterocycles. The third-order valence-corrected chi connectivity index (χ3v) is 1.58. The summed E-state index contributed by atoms with van der Waals surface area (Å²) < 4.78 is 0.690. The van der Waals surface area contributed by atoms with Gasteiger partial charge in [-0.25, -0.2) is 0 Å². The molecule has 0 fully saturated rings. The van der Waals surface area contributed by atoms with Gasteiger partial charge in [0.1, 0.15) is 4.32 Å². The van der Waals surface area contributed by atoms with E-state index < -0.39 is 0 Å². The average molecular weight is 195 g/mol. The standard InChI is InChI=1S/C5H11NS2.2Na/c1-3-6(4-2)5(7)8;;/h3-4H2,1-2H3,(H,7,8);;. The van der Waals surface area contributed by atoms with E-state index in [-0.39, 0.29) is 59.1 Å². The molecule has 0 rings (SSSR count). The fourth-order valence-electron chi connectivity index (χ4n) is 0.494. The molecule has 50 valence electrons. The summed E-state index contributed by atoms with van der Waals surface area (Å²) in [6, 6.07) is 0. The van der Waals surface area contributed by atoms with Crippen molar-refractivity contribution in [2.24, 2.45) is 0 Å². The van der Waals surface area contributed by atoms with Crippen molar-refractivity contribution in [3.8, 4) is 0 Å². The SMILES string of the molecule is CCN(CC)C(=S)S.[Na].[Na]. The molecular weight excluding hydrogens is 184 g/mol. The Kier molecular flexibility index (Phi) is 20.4. The molecule has 0 atom stereocenters. The van der Waals surface area contributed by atoms with E-state index in [2.05, 4.69) is 26.5 Å². The van der Waals surface area contributed by atoms with Gasteiger partial charge in [0.2, 0.25) is 0 Å². The quantitative estimate of drug-likeness (QED) is 0.394. The molecule has 0 amide bonds. The maximum absolute atomic E-state index is 4.81. The Morgan fingerprint density at radius 3 is 1.60 bits per heavy atom. The predicted octanol–water partition coefficient (Wildman–Crippen LogP) is 0.781. The Balaban J connectivity index is -0.000000245. The smallest absolute Gasteiger partial charge is 0.133 e. The molecule has 0 aromatic heterocycles. The predicted molar refractivity (Wildman–Crippen MR) is 56.0 cm³/mol. The summed E-state index contributed by atoms with van der Waals surface area (Å²) in [5.74, 6) is 0. The Bertz CT molecular complexity index is 85.7. The van der Waals surface area contributed by atoms with Crippen LogP contribution in [0.5, 0.6) is 0 Å². The largest absolute Gasteiger partial charge is 0.358 e. The van der Waals surface area contributed by atoms with Gasteiger partial charge in [0.15, 0.2) is 0 Å². The first-order chi connectivity index (χ1) is 3.72. The second-order valence-corrected chi connectivity index (χ2v) is 2.57. The topological polar surface area (TPSA) is 3.24 Å². The van der Waals surface area contributed by atoms with Crippen molar-refractivity contribution >= 4 is 88.3 Å². The van der Waals surface area contributed by atoms with Crippen molar-refractivity contribution in [3.63, 3.8) is 0 Å². The van der Waals surface area contributed by atoms with Crippen LogP contribution < -0.4 is 0 Å². The van der Waals surface area contributed by atoms with Gasteiger partial charge in [-0.15, -0.1) is 12.6 Å². The molecule has 0 spiro atoms. The Morgan fingerprint density at radius 2 is 1.60 bits per heavy atom. The molecule has 0 aliphatic carbocycles. The number of nitrogens with zero attached hydrogens (tertiary/aromatic N) is 1. The maximum Gasteiger partial charge on any atom is 0.133 e. The van der Waals surface area contributed by atoms with Crippen molar-refractivity contribution in [2.75, 3.05) is 13.1 Å². The van der Waals surface area contributed by atoms with Crippen LogP contribution in [0.4, 0.5) is 0 Å². The number of thiol groups is 1. The van der Waals surface area contributed by atoms with Crippen molar-refractivity contribution in [3.05, 3.63) is 0 Å². The van der Waals surface area contributed by atoms with Crippen LogP contribution in [0.15, 0.2) is 0 Å². The molecule has 0 aliphatic rings. The molecular formula is C5H11NNa2S2. The van der Waals surface area contributed by atoms with Gasteiger partial charge in [0.05, 0.1) is 0 Å². The van der Waals surface area contributed by atoms with Crippen LogP contribution in [0.3, 0.4) is 0 Å². The van der Waals surface area contributed by atoms with Crippen LogP contribution in [0.1, 0.15) is 13.8 Å². The first-order valence-electron chi connectivity index (χ1n) is 2.70. The van der Waals surface area contributed by atoms with Gasteiger partial charge in [0.25, 0.3) is 0 Å². The molecule has 0 aliphatic heterocycles. The fourth-order valence-corrected chi connectivity index (χ4v) is 1.04. The summed E-state index contributed by atoms with van der Waals surface area (Å²) in [5.41, 5.74) is 0. The van der Waals surface area contributed by atoms with Gasteiger partial charge in [0, 0.05) is 72.2 Å². The number of hydrogen-bond donors (Lipinski definition) is 1. The average Bonchev–Trinajstić information content (AvgIpc) is 1.69. The zero-order valence-electron chi connectivity index (χ0n) is 7.22. The van der Waals surface area contributed by atoms with Gasteiger partial charge < -0.3 is 4.90 Å². The minimum absolute atomic E-state index is 0. The Labute approximate surface area is 118 Å². The zero-order valence-corrected chi connectivity index (χ0v) is 12.9. The number of rotatable bonds is 2. The minimum atomic E-state index is 0. The van der Waals surface area contributed by atoms with Crippen molar-refractivity contribution in [2.45, 2.75) is 13.8 Å². The number of thiocarbonyl (C=S) groups is 1. The van der Waals surface area contributed by atoms with E-state index in [1.54, 1.807) is 0 Å². The van der Waals surface area contributed by atoms with Gasteiger partial charge in [-0.05, 0) is 13.8 Å². The van der Waals surface area contributed by atoms with E-state index >= 15 is 0 Å². The van der Waals surface area contributed by atoms with E-state index in [1.807, 2.05) is 4.90 Å². The molecule has 0 N–H and O–H groups in total. The van der Waals surface area contributed by atoms with Crippen LogP contribution >= 0.6 is 24.8 Å². The molecule has 0 aromatic rings. The first-order valence-corrected chi connectivity index (χ1v) is 3.55. The molecule has 0 heterocycles. The van der Waals surface area contributed by atoms with Crippen LogP contribution in [0.2, 0.25) is 0 Å². The molecule has 2 radical (unpaired) electrons. The third-order valence-electron chi connectivity index (χ3n) is 1.03. The minimum Gasteiger partial charge on any atom is -0.358 e. The second kappa shape index (κ2) is 11.2. The van der Waals surface area contributed by atoms with Gasteiger partial charge in [-0.3, -0.25) is 0 Å². The fraction of sp³-hybridized carbons (Fsp3) is 0.800. The monoisotopic (exact) mass is 195 g/mol. The van der Waals surface area contributed by atoms with Gasteiger partial charge in [-0.2, -0.15) is 0 Å². The van der Waals surface area contributed by atoms with Crippen molar-refractivity contribution in [1.29, 1.82) is 0 Å². The van der Waals surface area contributed by atoms with E-state index in [9.17, 15) is 0 Å². The summed E-state index contributed by atoms with van der Waals surface area (Å²) in [4.78, 5) is 2.01. The Morgan fingerprint density at radius 1 is 1.30 bits per heavy atom. The number of hydrogen-bond acceptors (Lipinski definition) is 1. The summed E-state index contributed by atoms with van der Waals surface area (Å²) in [5, 5.41) is 0. The Hall–Kier alpha value is 2.24. The molecule has 5 heteroatoms. The summed E-state index contributed by atoms with van der Waals surface area (Å²) >= 11 is 8.82. The van der Waals surface area contributed by atoms with Gasteiger partial charge >= 0.3 is 0 Å². The van der Waals surface area contributed by atoms with Crippen LogP contribution in [-0.2, 0) is 0 Å². The summed E-state index contributed by atoms with van der Waals surface area (Å²) in [6.45, 7) is 6.04. The molecule has 1 nitrogen and oxygen atoms in total. The third kappa shape index (κ3) is 8.34. The second-order valence-electron chi connectivity index (χ2n) is 1.45.